The van der Waals surface area contributed by atoms with E-state index >= 15 is 0 Å². The third kappa shape index (κ3) is 11.8. The first-order chi connectivity index (χ1) is 33.1. The number of pyridine rings is 2. The van der Waals surface area contributed by atoms with E-state index in [1.54, 1.807) is 29.0 Å². The molecule has 69 heavy (non-hydrogen) atoms. The van der Waals surface area contributed by atoms with Crippen LogP contribution in [0.4, 0.5) is 11.8 Å². The molecular formula is C53H70IN10O4S-. The van der Waals surface area contributed by atoms with Crippen LogP contribution in [0.25, 0.3) is 21.5 Å². The fraction of sp³-hybridized carbons (Fsp3) is 0.528. The van der Waals surface area contributed by atoms with Gasteiger partial charge in [-0.2, -0.15) is 4.98 Å². The van der Waals surface area contributed by atoms with Crippen LogP contribution in [0.3, 0.4) is 0 Å². The van der Waals surface area contributed by atoms with Crippen LogP contribution in [0.15, 0.2) is 70.9 Å². The zero-order valence-electron chi connectivity index (χ0n) is 41.5. The molecular weight excluding hydrogens is 1000 g/mol. The summed E-state index contributed by atoms with van der Waals surface area (Å²) in [6.07, 6.45) is 15.0. The van der Waals surface area contributed by atoms with Gasteiger partial charge in [0, 0.05) is 17.6 Å². The van der Waals surface area contributed by atoms with Crippen molar-refractivity contribution in [2.75, 3.05) is 25.0 Å². The summed E-state index contributed by atoms with van der Waals surface area (Å²) in [7, 11) is 0. The van der Waals surface area contributed by atoms with Gasteiger partial charge in [-0.3, -0.25) is 14.2 Å². The number of anilines is 2. The zero-order valence-corrected chi connectivity index (χ0v) is 44.5. The van der Waals surface area contributed by atoms with Gasteiger partial charge in [-0.25, -0.2) is 9.97 Å². The minimum absolute atomic E-state index is 0.0111. The van der Waals surface area contributed by atoms with Gasteiger partial charge in [0.2, 0.25) is 0 Å². The molecule has 16 heteroatoms. The third-order valence-corrected chi connectivity index (χ3v) is 17.9. The van der Waals surface area contributed by atoms with Crippen molar-refractivity contribution < 1.29 is 36.4 Å². The molecule has 370 valence electrons. The Morgan fingerprint density at radius 3 is 2.42 bits per heavy atom. The van der Waals surface area contributed by atoms with Gasteiger partial charge in [-0.05, 0) is 39.2 Å². The van der Waals surface area contributed by atoms with E-state index < -0.39 is 33.9 Å². The number of hydrogen-bond acceptors (Lipinski definition) is 13. The van der Waals surface area contributed by atoms with Crippen molar-refractivity contribution in [3.05, 3.63) is 104 Å². The van der Waals surface area contributed by atoms with Crippen molar-refractivity contribution in [3.8, 4) is 10.4 Å². The number of hydrogen-bond donors (Lipinski definition) is 4. The van der Waals surface area contributed by atoms with Crippen LogP contribution in [0.5, 0.6) is 0 Å². The van der Waals surface area contributed by atoms with E-state index in [0.29, 0.717) is 41.9 Å². The molecule has 5 unspecified atom stereocenters. The molecule has 1 aromatic carbocycles. The number of aromatic nitrogens is 5. The van der Waals surface area contributed by atoms with Gasteiger partial charge in [-0.1, -0.05) is 12.8 Å². The Morgan fingerprint density at radius 2 is 1.75 bits per heavy atom. The molecule has 8 rings (SSSR count). The molecule has 1 aliphatic carbocycles. The van der Waals surface area contributed by atoms with Crippen molar-refractivity contribution >= 4 is 45.8 Å². The molecule has 4 N–H and O–H groups in total. The molecule has 5 aromatic rings. The number of ketones is 1. The normalized spacial score (nSPS) is 20.6. The van der Waals surface area contributed by atoms with Crippen molar-refractivity contribution in [2.45, 2.75) is 150 Å². The Kier molecular flexibility index (Phi) is 16.3. The molecule has 6 heterocycles. The summed E-state index contributed by atoms with van der Waals surface area (Å²) in [6.45, 7) is 18.7. The monoisotopic (exact) mass is 1070 g/mol. The number of Topliss-reactive ketones (excluding diaryl/α,β-unsaturated/α-hetero) is 1. The second-order valence-electron chi connectivity index (χ2n) is 20.4. The summed E-state index contributed by atoms with van der Waals surface area (Å²) in [5, 5.41) is 18.3. The second-order valence-corrected chi connectivity index (χ2v) is 23.7. The topological polar surface area (TPSA) is 170 Å². The number of β-amino-alcohol motifs (C(OH)–C–C–N with tert-alkyl or cyclic N) is 1. The minimum atomic E-state index is -0.584. The van der Waals surface area contributed by atoms with Gasteiger partial charge in [-0.15, -0.1) is 11.3 Å². The number of rotatable bonds is 16. The van der Waals surface area contributed by atoms with Crippen LogP contribution in [0.2, 0.25) is 0 Å². The van der Waals surface area contributed by atoms with Crippen molar-refractivity contribution in [1.82, 2.24) is 41.4 Å². The van der Waals surface area contributed by atoms with E-state index in [1.165, 1.54) is 18.9 Å². The average Bonchev–Trinajstić information content (AvgIpc) is 4.06. The van der Waals surface area contributed by atoms with Crippen molar-refractivity contribution in [3.63, 3.8) is 0 Å². The van der Waals surface area contributed by atoms with Crippen LogP contribution < -0.4 is 41.5 Å². The Morgan fingerprint density at radius 1 is 0.986 bits per heavy atom. The van der Waals surface area contributed by atoms with Crippen LogP contribution in [0, 0.1) is 25.2 Å². The molecule has 0 radical (unpaired) electrons. The standard InChI is InChI=1S/C53H70IN10O4S/c1-9-43(63-30-41(66)27-44(63)50(67)58-33(3)38-19-21-39(22-20-38)47-34(4)57-31-69-47)48(53(6,7)8)61-54-62-25-12-13-36(24-26-62)16-17-37-18-23-45(55-28-37)59-52-56-29-42-32(2)46(35(5)65)51(68)64(49(42)60-52)40-14-10-11-15-40/h9,18-23,28-29,31,33,36,40-41,44,48,61,66H,10-17,24-27,30H2,1-8H3,(H,58,67)(H,55,56,59,60)/q-1/b43-9+. The number of allylic oxidation sites excluding steroid dienone is 1. The van der Waals surface area contributed by atoms with Crippen molar-refractivity contribution in [1.29, 1.82) is 0 Å². The fourth-order valence-corrected chi connectivity index (χ4v) is 14.3. The van der Waals surface area contributed by atoms with Crippen molar-refractivity contribution in [2.24, 2.45) is 11.3 Å². The van der Waals surface area contributed by atoms with Crippen LogP contribution in [-0.2, 0) is 11.2 Å². The molecule has 3 aliphatic rings. The summed E-state index contributed by atoms with van der Waals surface area (Å²) < 4.78 is 8.41. The molecule has 0 bridgehead atoms. The van der Waals surface area contributed by atoms with Gasteiger partial charge in [0.1, 0.15) is 5.65 Å². The summed E-state index contributed by atoms with van der Waals surface area (Å²) in [5.74, 6) is 1.34. The summed E-state index contributed by atoms with van der Waals surface area (Å²) >= 11 is 1.12. The van der Waals surface area contributed by atoms with Gasteiger partial charge in [0.15, 0.2) is 5.78 Å². The van der Waals surface area contributed by atoms with Gasteiger partial charge in [0.25, 0.3) is 5.56 Å². The van der Waals surface area contributed by atoms with E-state index in [2.05, 4.69) is 96.2 Å². The number of carbonyl (C=O) groups excluding carboxylic acids is 2. The van der Waals surface area contributed by atoms with E-state index in [-0.39, 0.29) is 46.4 Å². The quantitative estimate of drug-likeness (QED) is 0.0505. The van der Waals surface area contributed by atoms with Crippen LogP contribution in [0.1, 0.15) is 144 Å². The number of benzene rings is 1. The number of aryl methyl sites for hydroxylation is 3. The number of thiazole rings is 1. The Bertz CT molecular complexity index is 2690. The van der Waals surface area contributed by atoms with E-state index in [1.807, 2.05) is 31.6 Å². The van der Waals surface area contributed by atoms with Crippen LogP contribution >= 0.6 is 11.3 Å². The number of likely N-dealkylation sites (tertiary alicyclic amines) is 1. The molecule has 2 aliphatic heterocycles. The maximum absolute atomic E-state index is 14.1. The van der Waals surface area contributed by atoms with Gasteiger partial charge in [0.05, 0.1) is 21.6 Å². The molecule has 0 spiro atoms. The number of amides is 1. The summed E-state index contributed by atoms with van der Waals surface area (Å²) in [5.41, 5.74) is 8.34. The number of nitrogens with zero attached hydrogens (tertiary/aromatic N) is 7. The molecule has 4 aromatic heterocycles. The second kappa shape index (κ2) is 22.2. The van der Waals surface area contributed by atoms with E-state index in [0.717, 1.165) is 97.2 Å². The zero-order chi connectivity index (χ0) is 49.0. The van der Waals surface area contributed by atoms with Gasteiger partial charge >= 0.3 is 276 Å². The number of carbonyl (C=O) groups is 2. The Hall–Kier alpha value is -4.62. The number of nitrogens with one attached hydrogen (secondary N) is 3. The molecule has 14 nitrogen and oxygen atoms in total. The first-order valence-corrected chi connectivity index (χ1v) is 27.7. The Balaban J connectivity index is 0.839. The van der Waals surface area contributed by atoms with E-state index in [9.17, 15) is 19.5 Å². The molecule has 2 saturated heterocycles. The van der Waals surface area contributed by atoms with Gasteiger partial charge < -0.3 is 0 Å². The average molecular weight is 1070 g/mol. The predicted molar refractivity (Wildman–Crippen MR) is 271 cm³/mol. The SMILES string of the molecule is C/C=C(\C(N[I-]N1CCCC(CCc2ccc(Nc3ncc4c(C)c(C(C)=O)c(=O)n(C5CCCC5)c4n3)nc2)CC1)C(C)(C)C)N1CC(O)CC1C(=O)NC(C)c1ccc(-c2scnc2C)cc1. The number of aliphatic hydroxyl groups is 1. The maximum atomic E-state index is 14.1. The number of fused-ring (bicyclic) bond motifs is 1. The molecule has 1 amide bonds. The molecule has 1 saturated carbocycles. The third-order valence-electron chi connectivity index (χ3n) is 14.4. The first kappa shape index (κ1) is 50.8. The summed E-state index contributed by atoms with van der Waals surface area (Å²) in [6, 6.07) is 11.8. The first-order valence-electron chi connectivity index (χ1n) is 24.8. The number of aliphatic hydroxyl groups excluding tert-OH is 1. The van der Waals surface area contributed by atoms with E-state index in [4.69, 9.17) is 9.97 Å². The fourth-order valence-electron chi connectivity index (χ4n) is 10.5. The molecule has 5 atom stereocenters. The number of halogens is 1. The Labute approximate surface area is 422 Å². The predicted octanol–water partition coefficient (Wildman–Crippen LogP) is 6.16. The molecule has 3 fully saturated rings. The van der Waals surface area contributed by atoms with Crippen LogP contribution in [-0.4, -0.2) is 87.1 Å². The summed E-state index contributed by atoms with van der Waals surface area (Å²) in [4.78, 5) is 62.1.